The van der Waals surface area contributed by atoms with Crippen LogP contribution in [-0.2, 0) is 9.53 Å². The van der Waals surface area contributed by atoms with Gasteiger partial charge in [-0.15, -0.1) is 0 Å². The van der Waals surface area contributed by atoms with E-state index in [9.17, 15) is 15.0 Å². The number of hydrogen-bond donors (Lipinski definition) is 2. The molecule has 0 amide bonds. The van der Waals surface area contributed by atoms with Gasteiger partial charge < -0.3 is 14.9 Å². The van der Waals surface area contributed by atoms with E-state index in [1.165, 1.54) is 6.07 Å². The van der Waals surface area contributed by atoms with Crippen LogP contribution in [0.25, 0.3) is 0 Å². The highest BCUT2D eigenvalue weighted by Crippen LogP contribution is 2.26. The first-order valence-corrected chi connectivity index (χ1v) is 5.12. The fourth-order valence-corrected chi connectivity index (χ4v) is 1.38. The Morgan fingerprint density at radius 3 is 2.56 bits per heavy atom. The Morgan fingerprint density at radius 1 is 1.44 bits per heavy atom. The molecule has 1 aromatic rings. The van der Waals surface area contributed by atoms with Crippen LogP contribution >= 0.6 is 0 Å². The van der Waals surface area contributed by atoms with Gasteiger partial charge in [0, 0.05) is 0 Å². The van der Waals surface area contributed by atoms with Crippen molar-refractivity contribution < 1.29 is 19.7 Å². The van der Waals surface area contributed by atoms with Gasteiger partial charge in [-0.05, 0) is 43.5 Å². The smallest absolute Gasteiger partial charge is 0.339 e. The summed E-state index contributed by atoms with van der Waals surface area (Å²) in [6.45, 7) is 5.46. The fourth-order valence-electron chi connectivity index (χ4n) is 1.38. The van der Waals surface area contributed by atoms with Crippen molar-refractivity contribution in [2.75, 3.05) is 6.61 Å². The van der Waals surface area contributed by atoms with Gasteiger partial charge in [-0.3, -0.25) is 0 Å². The van der Waals surface area contributed by atoms with E-state index >= 15 is 0 Å². The molecular weight excluding hydrogens is 208 g/mol. The molecule has 4 heteroatoms. The zero-order chi connectivity index (χ0) is 12.3. The van der Waals surface area contributed by atoms with Crippen LogP contribution in [0, 0.1) is 13.8 Å². The molecule has 0 aliphatic heterocycles. The number of ether oxygens (including phenoxy) is 1. The second kappa shape index (κ2) is 4.99. The molecule has 0 radical (unpaired) electrons. The first-order chi connectivity index (χ1) is 7.47. The average Bonchev–Trinajstić information content (AvgIpc) is 2.24. The predicted octanol–water partition coefficient (Wildman–Crippen LogP) is 1.61. The lowest BCUT2D eigenvalue weighted by Crippen LogP contribution is -2.15. The number of phenolic OH excluding ortho intramolecular Hbond substituents is 1. The number of carbonyl (C=O) groups excluding carboxylic acids is 1. The monoisotopic (exact) mass is 224 g/mol. The minimum Gasteiger partial charge on any atom is -0.508 e. The lowest BCUT2D eigenvalue weighted by atomic mass is 10.0. The van der Waals surface area contributed by atoms with Crippen molar-refractivity contribution in [3.63, 3.8) is 0 Å². The van der Waals surface area contributed by atoms with Gasteiger partial charge in [0.05, 0.1) is 6.61 Å². The molecule has 0 heterocycles. The van der Waals surface area contributed by atoms with E-state index in [0.717, 1.165) is 11.1 Å². The summed E-state index contributed by atoms with van der Waals surface area (Å²) in [5.41, 5.74) is 1.90. The molecule has 0 saturated carbocycles. The molecule has 0 saturated heterocycles. The first kappa shape index (κ1) is 12.5. The van der Waals surface area contributed by atoms with Gasteiger partial charge in [0.1, 0.15) is 5.75 Å². The molecule has 0 bridgehead atoms. The summed E-state index contributed by atoms with van der Waals surface area (Å²) in [6.07, 6.45) is -1.34. The molecule has 0 aliphatic rings. The number of hydrogen-bond acceptors (Lipinski definition) is 4. The number of aromatic hydroxyl groups is 1. The minimum absolute atomic E-state index is 0.0679. The number of benzene rings is 1. The standard InChI is InChI=1S/C12H16O4/c1-4-16-12(15)11(14)9-5-7(2)8(3)10(13)6-9/h5-6,11,13-14H,4H2,1-3H3. The Morgan fingerprint density at radius 2 is 2.06 bits per heavy atom. The zero-order valence-electron chi connectivity index (χ0n) is 9.65. The second-order valence-electron chi connectivity index (χ2n) is 3.64. The molecule has 88 valence electrons. The summed E-state index contributed by atoms with van der Waals surface area (Å²) >= 11 is 0. The third kappa shape index (κ3) is 2.52. The zero-order valence-corrected chi connectivity index (χ0v) is 9.65. The number of rotatable bonds is 3. The highest BCUT2D eigenvalue weighted by atomic mass is 16.5. The molecule has 0 fully saturated rings. The lowest BCUT2D eigenvalue weighted by Gasteiger charge is -2.12. The second-order valence-corrected chi connectivity index (χ2v) is 3.64. The van der Waals surface area contributed by atoms with E-state index in [0.29, 0.717) is 5.56 Å². The van der Waals surface area contributed by atoms with Gasteiger partial charge in [-0.25, -0.2) is 4.79 Å². The van der Waals surface area contributed by atoms with E-state index in [4.69, 9.17) is 4.74 Å². The first-order valence-electron chi connectivity index (χ1n) is 5.12. The van der Waals surface area contributed by atoms with E-state index in [2.05, 4.69) is 0 Å². The van der Waals surface area contributed by atoms with E-state index in [1.54, 1.807) is 26.8 Å². The molecule has 1 unspecified atom stereocenters. The van der Waals surface area contributed by atoms with Crippen LogP contribution in [0.1, 0.15) is 29.7 Å². The molecule has 1 aromatic carbocycles. The Bertz CT molecular complexity index is 375. The summed E-state index contributed by atoms with van der Waals surface area (Å²) in [4.78, 5) is 11.3. The molecule has 0 aromatic heterocycles. The quantitative estimate of drug-likeness (QED) is 0.765. The topological polar surface area (TPSA) is 66.8 Å². The average molecular weight is 224 g/mol. The third-order valence-corrected chi connectivity index (χ3v) is 2.49. The van der Waals surface area contributed by atoms with Gasteiger partial charge in [0.25, 0.3) is 0 Å². The summed E-state index contributed by atoms with van der Waals surface area (Å²) < 4.78 is 4.70. The summed E-state index contributed by atoms with van der Waals surface area (Å²) in [5.74, 6) is -0.636. The van der Waals surface area contributed by atoms with Crippen LogP contribution < -0.4 is 0 Å². The Labute approximate surface area is 94.5 Å². The van der Waals surface area contributed by atoms with Crippen LogP contribution in [0.2, 0.25) is 0 Å². The maximum Gasteiger partial charge on any atom is 0.339 e. The van der Waals surface area contributed by atoms with Crippen molar-refractivity contribution in [3.05, 3.63) is 28.8 Å². The van der Waals surface area contributed by atoms with Crippen molar-refractivity contribution in [2.24, 2.45) is 0 Å². The van der Waals surface area contributed by atoms with Gasteiger partial charge in [0.15, 0.2) is 6.10 Å². The number of phenols is 1. The number of esters is 1. The van der Waals surface area contributed by atoms with Crippen molar-refractivity contribution in [1.82, 2.24) is 0 Å². The minimum atomic E-state index is -1.34. The normalized spacial score (nSPS) is 12.2. The number of aryl methyl sites for hydroxylation is 1. The Kier molecular flexibility index (Phi) is 3.90. The van der Waals surface area contributed by atoms with Crippen LogP contribution in [0.3, 0.4) is 0 Å². The third-order valence-electron chi connectivity index (χ3n) is 2.49. The maximum atomic E-state index is 11.3. The fraction of sp³-hybridized carbons (Fsp3) is 0.417. The van der Waals surface area contributed by atoms with Crippen LogP contribution in [0.4, 0.5) is 0 Å². The van der Waals surface area contributed by atoms with E-state index in [-0.39, 0.29) is 12.4 Å². The van der Waals surface area contributed by atoms with E-state index in [1.807, 2.05) is 0 Å². The predicted molar refractivity (Wildman–Crippen MR) is 59.2 cm³/mol. The van der Waals surface area contributed by atoms with E-state index < -0.39 is 12.1 Å². The van der Waals surface area contributed by atoms with Crippen molar-refractivity contribution in [3.8, 4) is 5.75 Å². The highest BCUT2D eigenvalue weighted by molar-refractivity contribution is 5.76. The Balaban J connectivity index is 3.01. The number of aliphatic hydroxyl groups excluding tert-OH is 1. The summed E-state index contributed by atoms with van der Waals surface area (Å²) in [5, 5.41) is 19.3. The van der Waals surface area contributed by atoms with Gasteiger partial charge in [-0.2, -0.15) is 0 Å². The summed E-state index contributed by atoms with van der Waals surface area (Å²) in [6, 6.07) is 3.04. The molecule has 0 spiro atoms. The van der Waals surface area contributed by atoms with Crippen LogP contribution in [-0.4, -0.2) is 22.8 Å². The molecule has 0 aliphatic carbocycles. The number of carbonyl (C=O) groups is 1. The van der Waals surface area contributed by atoms with Crippen molar-refractivity contribution in [2.45, 2.75) is 26.9 Å². The molecule has 1 rings (SSSR count). The molecule has 2 N–H and O–H groups in total. The van der Waals surface area contributed by atoms with Crippen LogP contribution in [0.5, 0.6) is 5.75 Å². The van der Waals surface area contributed by atoms with Crippen LogP contribution in [0.15, 0.2) is 12.1 Å². The molecular formula is C12H16O4. The Hall–Kier alpha value is -1.55. The lowest BCUT2D eigenvalue weighted by molar-refractivity contribution is -0.153. The largest absolute Gasteiger partial charge is 0.508 e. The number of aliphatic hydroxyl groups is 1. The van der Waals surface area contributed by atoms with Gasteiger partial charge in [0.2, 0.25) is 0 Å². The maximum absolute atomic E-state index is 11.3. The SMILES string of the molecule is CCOC(=O)C(O)c1cc(C)c(C)c(O)c1. The molecule has 16 heavy (non-hydrogen) atoms. The van der Waals surface area contributed by atoms with Gasteiger partial charge in [-0.1, -0.05) is 6.07 Å². The van der Waals surface area contributed by atoms with Crippen molar-refractivity contribution >= 4 is 5.97 Å². The highest BCUT2D eigenvalue weighted by Gasteiger charge is 2.20. The van der Waals surface area contributed by atoms with Gasteiger partial charge >= 0.3 is 5.97 Å². The molecule has 1 atom stereocenters. The van der Waals surface area contributed by atoms with Crippen molar-refractivity contribution in [1.29, 1.82) is 0 Å². The summed E-state index contributed by atoms with van der Waals surface area (Å²) in [7, 11) is 0. The molecule has 4 nitrogen and oxygen atoms in total.